The second kappa shape index (κ2) is 12.8. The van der Waals surface area contributed by atoms with E-state index in [0.717, 1.165) is 55.3 Å². The van der Waals surface area contributed by atoms with Crippen LogP contribution in [0, 0.1) is 13.8 Å². The predicted molar refractivity (Wildman–Crippen MR) is 176 cm³/mol. The van der Waals surface area contributed by atoms with Crippen LogP contribution in [0.25, 0.3) is 21.9 Å². The first-order valence-corrected chi connectivity index (χ1v) is 15.5. The van der Waals surface area contributed by atoms with Gasteiger partial charge in [0.2, 0.25) is 0 Å². The van der Waals surface area contributed by atoms with Gasteiger partial charge in [-0.05, 0) is 75.7 Å². The molecule has 2 atom stereocenters. The fourth-order valence-electron chi connectivity index (χ4n) is 6.54. The number of carbonyl (C=O) groups is 1. The topological polar surface area (TPSA) is 54.0 Å². The number of carbonyl (C=O) groups excluding carboxylic acids is 1. The van der Waals surface area contributed by atoms with Crippen LogP contribution in [-0.2, 0) is 32.2 Å². The average Bonchev–Trinajstić information content (AvgIpc) is 3.67. The molecule has 0 N–H and O–H groups in total. The van der Waals surface area contributed by atoms with Crippen molar-refractivity contribution in [3.05, 3.63) is 154 Å². The zero-order chi connectivity index (χ0) is 30.8. The first-order valence-electron chi connectivity index (χ1n) is 15.5. The predicted octanol–water partition coefficient (Wildman–Crippen LogP) is 8.76. The van der Waals surface area contributed by atoms with Gasteiger partial charge in [-0.25, -0.2) is 4.79 Å². The molecule has 2 bridgehead atoms. The molecule has 0 saturated carbocycles. The van der Waals surface area contributed by atoms with Crippen LogP contribution in [0.3, 0.4) is 0 Å². The molecule has 2 unspecified atom stereocenters. The summed E-state index contributed by atoms with van der Waals surface area (Å²) < 4.78 is 24.7. The molecule has 45 heavy (non-hydrogen) atoms. The molecular weight excluding hydrogens is 560 g/mol. The Labute approximate surface area is 264 Å². The number of hydrogen-bond donors (Lipinski definition) is 0. The quantitative estimate of drug-likeness (QED) is 0.113. The fraction of sp³-hybridized carbons (Fsp3) is 0.225. The molecule has 2 heterocycles. The van der Waals surface area contributed by atoms with E-state index < -0.39 is 12.1 Å². The van der Waals surface area contributed by atoms with Crippen molar-refractivity contribution in [3.63, 3.8) is 0 Å². The number of ether oxygens (including phenoxy) is 4. The Bertz CT molecular complexity index is 1820. The molecule has 5 heteroatoms. The minimum atomic E-state index is -0.598. The van der Waals surface area contributed by atoms with Crippen LogP contribution < -0.4 is 0 Å². The second-order valence-corrected chi connectivity index (χ2v) is 11.9. The first kappa shape index (κ1) is 29.2. The van der Waals surface area contributed by atoms with Crippen LogP contribution in [0.15, 0.2) is 115 Å². The molecule has 5 nitrogen and oxygen atoms in total. The zero-order valence-electron chi connectivity index (χ0n) is 25.6. The van der Waals surface area contributed by atoms with Gasteiger partial charge in [-0.2, -0.15) is 0 Å². The number of benzene rings is 5. The van der Waals surface area contributed by atoms with Gasteiger partial charge < -0.3 is 18.9 Å². The van der Waals surface area contributed by atoms with E-state index >= 15 is 0 Å². The standard InChI is InChI=1S/C40H36O5/c1-26-19-27(2)37(39-32-16-10-9-15-30(32)21-33-35-17-18-36(45-35)38(33)39)34(20-26)40(41)44-31(24-42-22-28-11-5-3-6-12-28)25-43-23-29-13-7-4-8-14-29/h3-21,31,35-36H,22-25H2,1-2H3. The van der Waals surface area contributed by atoms with Gasteiger partial charge in [0.05, 0.1) is 32.0 Å². The summed E-state index contributed by atoms with van der Waals surface area (Å²) >= 11 is 0. The molecule has 7 rings (SSSR count). The van der Waals surface area contributed by atoms with Crippen molar-refractivity contribution >= 4 is 16.7 Å². The minimum absolute atomic E-state index is 0.0672. The summed E-state index contributed by atoms with van der Waals surface area (Å²) in [4.78, 5) is 14.2. The molecule has 0 amide bonds. The fourth-order valence-corrected chi connectivity index (χ4v) is 6.54. The minimum Gasteiger partial charge on any atom is -0.454 e. The maximum Gasteiger partial charge on any atom is 0.339 e. The number of hydrogen-bond acceptors (Lipinski definition) is 5. The highest BCUT2D eigenvalue weighted by Crippen LogP contribution is 2.53. The van der Waals surface area contributed by atoms with Crippen molar-refractivity contribution in [1.82, 2.24) is 0 Å². The third-order valence-electron chi connectivity index (χ3n) is 8.52. The van der Waals surface area contributed by atoms with E-state index in [1.165, 1.54) is 0 Å². The molecule has 2 aliphatic heterocycles. The number of fused-ring (bicyclic) bond motifs is 6. The van der Waals surface area contributed by atoms with E-state index in [4.69, 9.17) is 18.9 Å². The van der Waals surface area contributed by atoms with Crippen molar-refractivity contribution in [1.29, 1.82) is 0 Å². The summed E-state index contributed by atoms with van der Waals surface area (Å²) in [5.41, 5.74) is 8.89. The largest absolute Gasteiger partial charge is 0.454 e. The summed E-state index contributed by atoms with van der Waals surface area (Å²) in [7, 11) is 0. The van der Waals surface area contributed by atoms with E-state index in [2.05, 4.69) is 49.4 Å². The smallest absolute Gasteiger partial charge is 0.339 e. The Balaban J connectivity index is 1.21. The van der Waals surface area contributed by atoms with Gasteiger partial charge in [-0.15, -0.1) is 0 Å². The van der Waals surface area contributed by atoms with Gasteiger partial charge in [0, 0.05) is 5.56 Å². The lowest BCUT2D eigenvalue weighted by Gasteiger charge is -2.23. The SMILES string of the molecule is Cc1cc(C)c(-c2c3c(cc4ccccc24)C2C=CC3O2)c(C(=O)OC(COCc2ccccc2)COCc2ccccc2)c1. The van der Waals surface area contributed by atoms with Gasteiger partial charge in [0.25, 0.3) is 0 Å². The molecular formula is C40H36O5. The second-order valence-electron chi connectivity index (χ2n) is 11.9. The van der Waals surface area contributed by atoms with E-state index in [0.29, 0.717) is 18.8 Å². The summed E-state index contributed by atoms with van der Waals surface area (Å²) in [6.07, 6.45) is 3.44. The van der Waals surface area contributed by atoms with Crippen LogP contribution >= 0.6 is 0 Å². The summed E-state index contributed by atoms with van der Waals surface area (Å²) in [6, 6.07) is 34.6. The van der Waals surface area contributed by atoms with Crippen LogP contribution in [0.5, 0.6) is 0 Å². The molecule has 0 aromatic heterocycles. The van der Waals surface area contributed by atoms with E-state index in [-0.39, 0.29) is 25.4 Å². The molecule has 0 aliphatic carbocycles. The van der Waals surface area contributed by atoms with Gasteiger partial charge in [-0.3, -0.25) is 0 Å². The van der Waals surface area contributed by atoms with Crippen molar-refractivity contribution in [2.45, 2.75) is 45.4 Å². The molecule has 0 saturated heterocycles. The molecule has 2 aliphatic rings. The third-order valence-corrected chi connectivity index (χ3v) is 8.52. The van der Waals surface area contributed by atoms with Gasteiger partial charge in [-0.1, -0.05) is 103 Å². The zero-order valence-corrected chi connectivity index (χ0v) is 25.6. The molecule has 0 fully saturated rings. The highest BCUT2D eigenvalue weighted by atomic mass is 16.6. The third kappa shape index (κ3) is 6.07. The van der Waals surface area contributed by atoms with Gasteiger partial charge in [0.1, 0.15) is 18.3 Å². The Morgan fingerprint density at radius 1 is 0.733 bits per heavy atom. The van der Waals surface area contributed by atoms with Crippen LogP contribution in [0.1, 0.15) is 55.9 Å². The Hall–Kier alpha value is -4.55. The number of aryl methyl sites for hydroxylation is 2. The summed E-state index contributed by atoms with van der Waals surface area (Å²) in [5.74, 6) is -0.394. The maximum atomic E-state index is 14.2. The lowest BCUT2D eigenvalue weighted by atomic mass is 9.82. The number of rotatable bonds is 11. The normalized spacial score (nSPS) is 16.4. The van der Waals surface area contributed by atoms with E-state index in [1.807, 2.05) is 79.7 Å². The molecule has 226 valence electrons. The Morgan fingerprint density at radius 3 is 2.04 bits per heavy atom. The monoisotopic (exact) mass is 596 g/mol. The van der Waals surface area contributed by atoms with Gasteiger partial charge in [0.15, 0.2) is 0 Å². The highest BCUT2D eigenvalue weighted by molar-refractivity contribution is 6.07. The molecule has 5 aromatic carbocycles. The average molecular weight is 597 g/mol. The lowest BCUT2D eigenvalue weighted by molar-refractivity contribution is -0.0462. The molecule has 0 radical (unpaired) electrons. The molecule has 0 spiro atoms. The molecule has 5 aromatic rings. The van der Waals surface area contributed by atoms with Crippen molar-refractivity contribution in [3.8, 4) is 11.1 Å². The number of esters is 1. The summed E-state index contributed by atoms with van der Waals surface area (Å²) in [6.45, 7) is 5.34. The Kier molecular flexibility index (Phi) is 8.31. The van der Waals surface area contributed by atoms with Gasteiger partial charge >= 0.3 is 5.97 Å². The van der Waals surface area contributed by atoms with Crippen LogP contribution in [-0.4, -0.2) is 25.3 Å². The first-order chi connectivity index (χ1) is 22.0. The Morgan fingerprint density at radius 2 is 1.36 bits per heavy atom. The van der Waals surface area contributed by atoms with Crippen LogP contribution in [0.4, 0.5) is 0 Å². The maximum absolute atomic E-state index is 14.2. The van der Waals surface area contributed by atoms with E-state index in [9.17, 15) is 4.79 Å². The van der Waals surface area contributed by atoms with Crippen molar-refractivity contribution < 1.29 is 23.7 Å². The van der Waals surface area contributed by atoms with Crippen molar-refractivity contribution in [2.75, 3.05) is 13.2 Å². The van der Waals surface area contributed by atoms with E-state index in [1.54, 1.807) is 0 Å². The lowest BCUT2D eigenvalue weighted by Crippen LogP contribution is -2.29. The highest BCUT2D eigenvalue weighted by Gasteiger charge is 2.38. The van der Waals surface area contributed by atoms with Crippen LogP contribution in [0.2, 0.25) is 0 Å². The van der Waals surface area contributed by atoms with Crippen molar-refractivity contribution in [2.24, 2.45) is 0 Å². The summed E-state index contributed by atoms with van der Waals surface area (Å²) in [5, 5.41) is 2.22.